The fraction of sp³-hybridized carbons (Fsp3) is 0.500. The summed E-state index contributed by atoms with van der Waals surface area (Å²) in [6.07, 6.45) is 0. The smallest absolute Gasteiger partial charge is 0.150 e. The number of aryl methyl sites for hydroxylation is 1. The molecule has 0 saturated carbocycles. The number of nitrogens with zero attached hydrogens (tertiary/aromatic N) is 4. The summed E-state index contributed by atoms with van der Waals surface area (Å²) in [5, 5.41) is 5.17. The van der Waals surface area contributed by atoms with Crippen LogP contribution < -0.4 is 5.32 Å². The average molecular weight is 305 g/mol. The van der Waals surface area contributed by atoms with Crippen LogP contribution in [-0.4, -0.2) is 46.7 Å². The van der Waals surface area contributed by atoms with Crippen molar-refractivity contribution in [3.05, 3.63) is 34.2 Å². The quantitative estimate of drug-likeness (QED) is 0.930. The zero-order valence-electron chi connectivity index (χ0n) is 12.2. The maximum absolute atomic E-state index is 5.64. The number of aromatic nitrogens is 3. The monoisotopic (exact) mass is 305 g/mol. The van der Waals surface area contributed by atoms with Crippen LogP contribution in [0.3, 0.4) is 0 Å². The first kappa shape index (κ1) is 14.4. The number of nitrogens with one attached hydrogen (secondary N) is 1. The molecule has 3 rings (SSSR count). The molecule has 0 aromatic carbocycles. The van der Waals surface area contributed by atoms with Crippen LogP contribution in [0, 0.1) is 6.92 Å². The number of ether oxygens (including phenoxy) is 1. The highest BCUT2D eigenvalue weighted by Crippen LogP contribution is 2.24. The van der Waals surface area contributed by atoms with Crippen LogP contribution in [-0.2, 0) is 11.3 Å². The van der Waals surface area contributed by atoms with E-state index in [-0.39, 0.29) is 6.04 Å². The molecule has 112 valence electrons. The highest BCUT2D eigenvalue weighted by molar-refractivity contribution is 7.07. The van der Waals surface area contributed by atoms with Gasteiger partial charge in [0, 0.05) is 37.3 Å². The van der Waals surface area contributed by atoms with E-state index in [2.05, 4.69) is 30.5 Å². The van der Waals surface area contributed by atoms with E-state index in [9.17, 15) is 0 Å². The molecule has 21 heavy (non-hydrogen) atoms. The molecule has 2 aromatic heterocycles. The molecule has 1 N–H and O–H groups in total. The third kappa shape index (κ3) is 3.37. The van der Waals surface area contributed by atoms with Crippen LogP contribution in [0.4, 0.5) is 5.82 Å². The number of hydrogen-bond acceptors (Lipinski definition) is 7. The van der Waals surface area contributed by atoms with E-state index in [0.29, 0.717) is 6.61 Å². The Balaban J connectivity index is 1.85. The molecule has 7 heteroatoms. The Hall–Kier alpha value is -1.57. The van der Waals surface area contributed by atoms with Crippen LogP contribution in [0.5, 0.6) is 0 Å². The molecular formula is C14H19N5OS. The molecule has 1 fully saturated rings. The molecule has 0 spiro atoms. The molecule has 0 bridgehead atoms. The highest BCUT2D eigenvalue weighted by Gasteiger charge is 2.27. The van der Waals surface area contributed by atoms with Crippen LogP contribution in [0.15, 0.2) is 17.0 Å². The third-order valence-electron chi connectivity index (χ3n) is 3.51. The summed E-state index contributed by atoms with van der Waals surface area (Å²) in [5.74, 6) is 1.66. The molecule has 1 saturated heterocycles. The second kappa shape index (κ2) is 6.46. The summed E-state index contributed by atoms with van der Waals surface area (Å²) >= 11 is 1.62. The van der Waals surface area contributed by atoms with Crippen molar-refractivity contribution in [1.29, 1.82) is 0 Å². The first-order valence-electron chi connectivity index (χ1n) is 6.98. The molecule has 0 amide bonds. The Morgan fingerprint density at radius 2 is 2.38 bits per heavy atom. The molecule has 1 unspecified atom stereocenters. The molecule has 6 nitrogen and oxygen atoms in total. The molecule has 2 aromatic rings. The largest absolute Gasteiger partial charge is 0.378 e. The lowest BCUT2D eigenvalue weighted by molar-refractivity contribution is -0.0164. The summed E-state index contributed by atoms with van der Waals surface area (Å²) in [4.78, 5) is 15.9. The van der Waals surface area contributed by atoms with E-state index in [4.69, 9.17) is 4.74 Å². The maximum atomic E-state index is 5.64. The van der Waals surface area contributed by atoms with Gasteiger partial charge >= 0.3 is 0 Å². The lowest BCUT2D eigenvalue weighted by Crippen LogP contribution is -2.40. The lowest BCUT2D eigenvalue weighted by atomic mass is 10.2. The Labute approximate surface area is 128 Å². The van der Waals surface area contributed by atoms with Crippen molar-refractivity contribution >= 4 is 17.2 Å². The van der Waals surface area contributed by atoms with Crippen LogP contribution in [0.2, 0.25) is 0 Å². The lowest BCUT2D eigenvalue weighted by Gasteiger charge is -2.34. The standard InChI is InChI=1S/C14H19N5OS/c1-10-5-13(15-2)18-14(17-10)12-7-20-4-3-19(12)6-11-8-21-9-16-11/h5,8-9,12H,3-4,6-7H2,1-2H3,(H,15,17,18). The summed E-state index contributed by atoms with van der Waals surface area (Å²) < 4.78 is 5.64. The van der Waals surface area contributed by atoms with Gasteiger partial charge in [-0.15, -0.1) is 11.3 Å². The average Bonchev–Trinajstić information content (AvgIpc) is 3.00. The summed E-state index contributed by atoms with van der Waals surface area (Å²) in [6.45, 7) is 5.03. The molecule has 1 aliphatic rings. The zero-order chi connectivity index (χ0) is 14.7. The SMILES string of the molecule is CNc1cc(C)nc(C2COCCN2Cc2cscn2)n1. The van der Waals surface area contributed by atoms with Gasteiger partial charge in [-0.2, -0.15) is 0 Å². The van der Waals surface area contributed by atoms with E-state index in [1.54, 1.807) is 11.3 Å². The topological polar surface area (TPSA) is 63.2 Å². The van der Waals surface area contributed by atoms with E-state index in [0.717, 1.165) is 42.7 Å². The van der Waals surface area contributed by atoms with Gasteiger partial charge in [0.1, 0.15) is 11.6 Å². The second-order valence-electron chi connectivity index (χ2n) is 5.04. The van der Waals surface area contributed by atoms with Crippen LogP contribution in [0.1, 0.15) is 23.3 Å². The van der Waals surface area contributed by atoms with Crippen molar-refractivity contribution in [3.63, 3.8) is 0 Å². The molecule has 1 aliphatic heterocycles. The van der Waals surface area contributed by atoms with Crippen LogP contribution >= 0.6 is 11.3 Å². The highest BCUT2D eigenvalue weighted by atomic mass is 32.1. The first-order valence-corrected chi connectivity index (χ1v) is 7.92. The van der Waals surface area contributed by atoms with E-state index < -0.39 is 0 Å². The van der Waals surface area contributed by atoms with Gasteiger partial charge in [-0.3, -0.25) is 4.90 Å². The van der Waals surface area contributed by atoms with Gasteiger partial charge in [-0.05, 0) is 6.92 Å². The van der Waals surface area contributed by atoms with Gasteiger partial charge in [-0.1, -0.05) is 0 Å². The molecule has 3 heterocycles. The van der Waals surface area contributed by atoms with E-state index >= 15 is 0 Å². The number of rotatable bonds is 4. The van der Waals surface area contributed by atoms with Crippen LogP contribution in [0.25, 0.3) is 0 Å². The minimum atomic E-state index is 0.0763. The van der Waals surface area contributed by atoms with Crippen molar-refractivity contribution in [3.8, 4) is 0 Å². The van der Waals surface area contributed by atoms with Gasteiger partial charge in [-0.25, -0.2) is 15.0 Å². The fourth-order valence-electron chi connectivity index (χ4n) is 2.46. The second-order valence-corrected chi connectivity index (χ2v) is 5.76. The summed E-state index contributed by atoms with van der Waals surface area (Å²) in [6, 6.07) is 2.02. The van der Waals surface area contributed by atoms with E-state index in [1.165, 1.54) is 0 Å². The minimum absolute atomic E-state index is 0.0763. The van der Waals surface area contributed by atoms with Crippen molar-refractivity contribution in [2.45, 2.75) is 19.5 Å². The molecule has 0 radical (unpaired) electrons. The number of hydrogen-bond donors (Lipinski definition) is 1. The number of thiazole rings is 1. The summed E-state index contributed by atoms with van der Waals surface area (Å²) in [7, 11) is 1.87. The maximum Gasteiger partial charge on any atom is 0.150 e. The van der Waals surface area contributed by atoms with Crippen molar-refractivity contribution in [2.75, 3.05) is 32.1 Å². The third-order valence-corrected chi connectivity index (χ3v) is 4.15. The predicted octanol–water partition coefficient (Wildman–Crippen LogP) is 1.86. The van der Waals surface area contributed by atoms with Gasteiger partial charge in [0.15, 0.2) is 0 Å². The first-order chi connectivity index (χ1) is 10.3. The number of morpholine rings is 1. The zero-order valence-corrected chi connectivity index (χ0v) is 13.1. The number of anilines is 1. The van der Waals surface area contributed by atoms with Crippen molar-refractivity contribution in [1.82, 2.24) is 19.9 Å². The van der Waals surface area contributed by atoms with E-state index in [1.807, 2.05) is 25.5 Å². The van der Waals surface area contributed by atoms with Crippen molar-refractivity contribution < 1.29 is 4.74 Å². The normalized spacial score (nSPS) is 19.6. The Morgan fingerprint density at radius 1 is 1.48 bits per heavy atom. The predicted molar refractivity (Wildman–Crippen MR) is 82.4 cm³/mol. The molecule has 0 aliphatic carbocycles. The molecular weight excluding hydrogens is 286 g/mol. The Kier molecular flexibility index (Phi) is 4.42. The Morgan fingerprint density at radius 3 is 3.14 bits per heavy atom. The van der Waals surface area contributed by atoms with Gasteiger partial charge in [0.05, 0.1) is 30.5 Å². The Bertz CT molecular complexity index is 589. The minimum Gasteiger partial charge on any atom is -0.378 e. The van der Waals surface area contributed by atoms with Gasteiger partial charge in [0.2, 0.25) is 0 Å². The summed E-state index contributed by atoms with van der Waals surface area (Å²) in [5.41, 5.74) is 3.92. The molecule has 1 atom stereocenters. The van der Waals surface area contributed by atoms with Gasteiger partial charge < -0.3 is 10.1 Å². The van der Waals surface area contributed by atoms with Crippen molar-refractivity contribution in [2.24, 2.45) is 0 Å². The fourth-order valence-corrected chi connectivity index (χ4v) is 3.01. The van der Waals surface area contributed by atoms with Gasteiger partial charge in [0.25, 0.3) is 0 Å².